The highest BCUT2D eigenvalue weighted by molar-refractivity contribution is 5.99. The Morgan fingerprint density at radius 1 is 1.25 bits per heavy atom. The van der Waals surface area contributed by atoms with E-state index in [4.69, 9.17) is 4.74 Å². The molecule has 2 rings (SSSR count). The number of carbonyl (C=O) groups is 2. The van der Waals surface area contributed by atoms with Crippen LogP contribution in [0.2, 0.25) is 0 Å². The van der Waals surface area contributed by atoms with Gasteiger partial charge < -0.3 is 15.2 Å². The number of rotatable bonds is 6. The van der Waals surface area contributed by atoms with Crippen LogP contribution >= 0.6 is 0 Å². The van der Waals surface area contributed by atoms with Crippen LogP contribution in [0.3, 0.4) is 0 Å². The summed E-state index contributed by atoms with van der Waals surface area (Å²) >= 11 is 0. The molecule has 1 heterocycles. The summed E-state index contributed by atoms with van der Waals surface area (Å²) in [6.07, 6.45) is 0. The van der Waals surface area contributed by atoms with Crippen LogP contribution in [0.15, 0.2) is 46.8 Å². The van der Waals surface area contributed by atoms with Gasteiger partial charge in [0, 0.05) is 17.0 Å². The zero-order valence-electron chi connectivity index (χ0n) is 16.2. The number of carboxylic acids is 1. The van der Waals surface area contributed by atoms with Crippen LogP contribution in [-0.4, -0.2) is 23.7 Å². The number of dihydropyridines is 1. The van der Waals surface area contributed by atoms with Gasteiger partial charge in [0.05, 0.1) is 29.1 Å². The molecule has 0 saturated carbocycles. The summed E-state index contributed by atoms with van der Waals surface area (Å²) in [4.78, 5) is 24.8. The topological polar surface area (TPSA) is 99.4 Å². The fourth-order valence-corrected chi connectivity index (χ4v) is 3.19. The van der Waals surface area contributed by atoms with E-state index in [9.17, 15) is 24.3 Å². The lowest BCUT2D eigenvalue weighted by Crippen LogP contribution is -2.32. The number of nitrogens with zero attached hydrogens (tertiary/aromatic N) is 1. The predicted octanol–water partition coefficient (Wildman–Crippen LogP) is 3.48. The van der Waals surface area contributed by atoms with Crippen LogP contribution < -0.4 is 5.32 Å². The Kier molecular flexibility index (Phi) is 6.57. The van der Waals surface area contributed by atoms with Gasteiger partial charge in [0.2, 0.25) is 0 Å². The maximum atomic E-state index is 14.5. The van der Waals surface area contributed by atoms with Gasteiger partial charge in [-0.05, 0) is 25.8 Å². The van der Waals surface area contributed by atoms with Gasteiger partial charge in [-0.1, -0.05) is 32.0 Å². The zero-order chi connectivity index (χ0) is 21.0. The largest absolute Gasteiger partial charge is 0.478 e. The lowest BCUT2D eigenvalue weighted by molar-refractivity contribution is -0.140. The number of hydrogen-bond acceptors (Lipinski definition) is 5. The van der Waals surface area contributed by atoms with Crippen molar-refractivity contribution < 1.29 is 23.8 Å². The summed E-state index contributed by atoms with van der Waals surface area (Å²) < 4.78 is 19.8. The number of ether oxygens (including phenoxy) is 1. The molecule has 148 valence electrons. The van der Waals surface area contributed by atoms with Crippen LogP contribution in [0.1, 0.15) is 39.2 Å². The molecule has 1 aromatic rings. The number of hydrogen-bond donors (Lipinski definition) is 2. The third kappa shape index (κ3) is 4.22. The van der Waals surface area contributed by atoms with Crippen molar-refractivity contribution in [1.82, 2.24) is 5.32 Å². The third-order valence-electron chi connectivity index (χ3n) is 4.79. The molecule has 2 unspecified atom stereocenters. The first-order chi connectivity index (χ1) is 13.2. The molecule has 1 aromatic carbocycles. The molecule has 1 aliphatic heterocycles. The molecule has 0 aliphatic carbocycles. The first-order valence-corrected chi connectivity index (χ1v) is 8.92. The number of nitrogens with one attached hydrogen (secondary N) is 1. The lowest BCUT2D eigenvalue weighted by atomic mass is 9.80. The average Bonchev–Trinajstić information content (AvgIpc) is 2.61. The van der Waals surface area contributed by atoms with E-state index in [2.05, 4.69) is 11.4 Å². The fraction of sp³-hybridized carbons (Fsp3) is 0.381. The molecular weight excluding hydrogens is 363 g/mol. The van der Waals surface area contributed by atoms with E-state index in [0.29, 0.717) is 11.4 Å². The summed E-state index contributed by atoms with van der Waals surface area (Å²) in [5, 5.41) is 21.8. The Bertz CT molecular complexity index is 896. The minimum Gasteiger partial charge on any atom is -0.478 e. The highest BCUT2D eigenvalue weighted by atomic mass is 19.1. The van der Waals surface area contributed by atoms with Crippen LogP contribution in [0.25, 0.3) is 0 Å². The SMILES string of the molecule is CC1=C(C(=O)O)C(c2ccccc2F)C(C(=O)OCC(C#N)C(C)C)=C(C)N1. The van der Waals surface area contributed by atoms with E-state index in [1.165, 1.54) is 18.2 Å². The summed E-state index contributed by atoms with van der Waals surface area (Å²) in [7, 11) is 0. The van der Waals surface area contributed by atoms with Crippen molar-refractivity contribution in [3.8, 4) is 6.07 Å². The molecule has 0 spiro atoms. The number of carbonyl (C=O) groups excluding carboxylic acids is 1. The van der Waals surface area contributed by atoms with Gasteiger partial charge in [-0.2, -0.15) is 5.26 Å². The van der Waals surface area contributed by atoms with Crippen molar-refractivity contribution in [2.45, 2.75) is 33.6 Å². The molecule has 0 saturated heterocycles. The molecule has 2 atom stereocenters. The van der Waals surface area contributed by atoms with Gasteiger partial charge in [0.1, 0.15) is 12.4 Å². The molecule has 0 fully saturated rings. The number of benzene rings is 1. The van der Waals surface area contributed by atoms with E-state index >= 15 is 0 Å². The van der Waals surface area contributed by atoms with Gasteiger partial charge in [-0.15, -0.1) is 0 Å². The first-order valence-electron chi connectivity index (χ1n) is 8.92. The smallest absolute Gasteiger partial charge is 0.336 e. The Labute approximate surface area is 163 Å². The molecule has 28 heavy (non-hydrogen) atoms. The standard InChI is InChI=1S/C21H23FN2O4/c1-11(2)14(9-23)10-28-21(27)18-13(4)24-12(3)17(20(25)26)19(18)15-7-5-6-8-16(15)22/h5-8,11,14,19,24H,10H2,1-4H3,(H,25,26). The van der Waals surface area contributed by atoms with Crippen molar-refractivity contribution in [3.63, 3.8) is 0 Å². The lowest BCUT2D eigenvalue weighted by Gasteiger charge is -2.30. The van der Waals surface area contributed by atoms with E-state index in [-0.39, 0.29) is 29.2 Å². The van der Waals surface area contributed by atoms with E-state index in [1.54, 1.807) is 19.9 Å². The maximum Gasteiger partial charge on any atom is 0.336 e. The average molecular weight is 386 g/mol. The predicted molar refractivity (Wildman–Crippen MR) is 100 cm³/mol. The van der Waals surface area contributed by atoms with Crippen LogP contribution in [-0.2, 0) is 14.3 Å². The first kappa shape index (κ1) is 21.2. The molecule has 7 heteroatoms. The molecule has 0 aromatic heterocycles. The molecule has 6 nitrogen and oxygen atoms in total. The molecule has 2 N–H and O–H groups in total. The minimum absolute atomic E-state index is 0.0172. The van der Waals surface area contributed by atoms with Gasteiger partial charge in [-0.3, -0.25) is 0 Å². The molecule has 0 bridgehead atoms. The number of nitriles is 1. The molecule has 0 radical (unpaired) electrons. The van der Waals surface area contributed by atoms with Crippen LogP contribution in [0.5, 0.6) is 0 Å². The van der Waals surface area contributed by atoms with E-state index in [0.717, 1.165) is 0 Å². The van der Waals surface area contributed by atoms with E-state index < -0.39 is 29.6 Å². The second-order valence-corrected chi connectivity index (χ2v) is 7.04. The Balaban J connectivity index is 2.49. The Morgan fingerprint density at radius 2 is 1.86 bits per heavy atom. The van der Waals surface area contributed by atoms with Gasteiger partial charge in [0.25, 0.3) is 0 Å². The van der Waals surface area contributed by atoms with Gasteiger partial charge >= 0.3 is 11.9 Å². The zero-order valence-corrected chi connectivity index (χ0v) is 16.2. The second-order valence-electron chi connectivity index (χ2n) is 7.04. The molecule has 1 aliphatic rings. The van der Waals surface area contributed by atoms with Crippen molar-refractivity contribution in [2.24, 2.45) is 11.8 Å². The minimum atomic E-state index is -1.26. The van der Waals surface area contributed by atoms with Crippen molar-refractivity contribution in [1.29, 1.82) is 5.26 Å². The number of aliphatic carboxylic acids is 1. The quantitative estimate of drug-likeness (QED) is 0.726. The van der Waals surface area contributed by atoms with Crippen LogP contribution in [0.4, 0.5) is 4.39 Å². The highest BCUT2D eigenvalue weighted by Crippen LogP contribution is 2.39. The Hall–Kier alpha value is -3.14. The normalized spacial score (nSPS) is 17.8. The van der Waals surface area contributed by atoms with Crippen molar-refractivity contribution >= 4 is 11.9 Å². The second kappa shape index (κ2) is 8.70. The highest BCUT2D eigenvalue weighted by Gasteiger charge is 2.38. The Morgan fingerprint density at radius 3 is 2.39 bits per heavy atom. The number of carboxylic acid groups (broad SMARTS) is 1. The van der Waals surface area contributed by atoms with Crippen molar-refractivity contribution in [2.75, 3.05) is 6.61 Å². The summed E-state index contributed by atoms with van der Waals surface area (Å²) in [5.74, 6) is -4.28. The number of halogens is 1. The molecule has 0 amide bonds. The van der Waals surface area contributed by atoms with Crippen molar-refractivity contribution in [3.05, 3.63) is 58.2 Å². The van der Waals surface area contributed by atoms with Gasteiger partial charge in [0.15, 0.2) is 0 Å². The van der Waals surface area contributed by atoms with Crippen LogP contribution in [0, 0.1) is 29.0 Å². The fourth-order valence-electron chi connectivity index (χ4n) is 3.19. The summed E-state index contributed by atoms with van der Waals surface area (Å²) in [6, 6.07) is 7.83. The maximum absolute atomic E-state index is 14.5. The van der Waals surface area contributed by atoms with E-state index in [1.807, 2.05) is 13.8 Å². The summed E-state index contributed by atoms with van der Waals surface area (Å²) in [5.41, 5.74) is 0.690. The third-order valence-corrected chi connectivity index (χ3v) is 4.79. The monoisotopic (exact) mass is 386 g/mol. The number of esters is 1. The molecular formula is C21H23FN2O4. The van der Waals surface area contributed by atoms with Gasteiger partial charge in [-0.25, -0.2) is 14.0 Å². The number of allylic oxidation sites excluding steroid dienone is 2. The summed E-state index contributed by atoms with van der Waals surface area (Å²) in [6.45, 7) is 6.72.